The molecule has 2 aromatic carbocycles. The average molecular weight is 370 g/mol. The van der Waals surface area contributed by atoms with E-state index >= 15 is 0 Å². The van der Waals surface area contributed by atoms with Crippen LogP contribution in [0.1, 0.15) is 24.5 Å². The van der Waals surface area contributed by atoms with Crippen LogP contribution in [0.5, 0.6) is 0 Å². The third-order valence-corrected chi connectivity index (χ3v) is 5.05. The highest BCUT2D eigenvalue weighted by Gasteiger charge is 2.29. The number of carbonyl (C=O) groups is 1. The molecule has 0 aromatic heterocycles. The van der Waals surface area contributed by atoms with Crippen LogP contribution >= 0.6 is 0 Å². The first-order chi connectivity index (χ1) is 13.0. The number of benzene rings is 2. The van der Waals surface area contributed by atoms with Crippen molar-refractivity contribution in [1.29, 1.82) is 0 Å². The van der Waals surface area contributed by atoms with E-state index in [1.807, 2.05) is 19.1 Å². The fourth-order valence-corrected chi connectivity index (χ4v) is 3.40. The van der Waals surface area contributed by atoms with Gasteiger partial charge in [-0.15, -0.1) is 0 Å². The molecule has 142 valence electrons. The molecule has 1 aliphatic heterocycles. The van der Waals surface area contributed by atoms with Gasteiger partial charge in [-0.3, -0.25) is 9.69 Å². The highest BCUT2D eigenvalue weighted by atomic mass is 19.1. The van der Waals surface area contributed by atoms with Gasteiger partial charge in [0, 0.05) is 25.7 Å². The normalized spacial score (nSPS) is 20.3. The summed E-state index contributed by atoms with van der Waals surface area (Å²) >= 11 is 0. The molecular formula is C22H24F2N2O. The fourth-order valence-electron chi connectivity index (χ4n) is 3.40. The van der Waals surface area contributed by atoms with Gasteiger partial charge in [-0.25, -0.2) is 8.78 Å². The van der Waals surface area contributed by atoms with Crippen molar-refractivity contribution in [2.45, 2.75) is 32.5 Å². The third kappa shape index (κ3) is 5.23. The van der Waals surface area contributed by atoms with E-state index in [0.717, 1.165) is 17.7 Å². The summed E-state index contributed by atoms with van der Waals surface area (Å²) in [6.07, 6.45) is 4.75. The molecule has 2 atom stereocenters. The van der Waals surface area contributed by atoms with Crippen LogP contribution in [-0.4, -0.2) is 23.4 Å². The lowest BCUT2D eigenvalue weighted by molar-refractivity contribution is -0.127. The number of rotatable bonds is 5. The SMILES string of the molecule is C[C@@H]1[C@@H](C(=O)NCc2ccc(F)cc2)CC=CCN1Cc1cccc(F)c1. The van der Waals surface area contributed by atoms with Crippen molar-refractivity contribution in [3.8, 4) is 0 Å². The Bertz CT molecular complexity index is 804. The first-order valence-corrected chi connectivity index (χ1v) is 9.18. The lowest BCUT2D eigenvalue weighted by Crippen LogP contribution is -2.44. The molecule has 3 rings (SSSR count). The minimum absolute atomic E-state index is 0.0106. The Labute approximate surface area is 158 Å². The van der Waals surface area contributed by atoms with Crippen LogP contribution in [0.25, 0.3) is 0 Å². The van der Waals surface area contributed by atoms with Gasteiger partial charge in [-0.2, -0.15) is 0 Å². The summed E-state index contributed by atoms with van der Waals surface area (Å²) < 4.78 is 26.5. The quantitative estimate of drug-likeness (QED) is 0.806. The van der Waals surface area contributed by atoms with Crippen LogP contribution in [0.4, 0.5) is 8.78 Å². The minimum Gasteiger partial charge on any atom is -0.352 e. The zero-order valence-electron chi connectivity index (χ0n) is 15.4. The predicted molar refractivity (Wildman–Crippen MR) is 102 cm³/mol. The fraction of sp³-hybridized carbons (Fsp3) is 0.318. The topological polar surface area (TPSA) is 32.3 Å². The summed E-state index contributed by atoms with van der Waals surface area (Å²) in [5.41, 5.74) is 1.75. The number of nitrogens with one attached hydrogen (secondary N) is 1. The van der Waals surface area contributed by atoms with Crippen LogP contribution < -0.4 is 5.32 Å². The van der Waals surface area contributed by atoms with E-state index in [9.17, 15) is 13.6 Å². The average Bonchev–Trinajstić information content (AvgIpc) is 2.83. The van der Waals surface area contributed by atoms with Crippen LogP contribution in [-0.2, 0) is 17.9 Å². The molecule has 0 bridgehead atoms. The number of halogens is 2. The number of hydrogen-bond donors (Lipinski definition) is 1. The highest BCUT2D eigenvalue weighted by Crippen LogP contribution is 2.22. The van der Waals surface area contributed by atoms with Crippen molar-refractivity contribution in [2.24, 2.45) is 5.92 Å². The number of allylic oxidation sites excluding steroid dienone is 1. The van der Waals surface area contributed by atoms with E-state index in [1.165, 1.54) is 24.3 Å². The minimum atomic E-state index is -0.291. The van der Waals surface area contributed by atoms with Gasteiger partial charge in [0.2, 0.25) is 5.91 Å². The Morgan fingerprint density at radius 3 is 2.59 bits per heavy atom. The molecule has 0 saturated carbocycles. The lowest BCUT2D eigenvalue weighted by atomic mass is 9.95. The maximum atomic E-state index is 13.5. The smallest absolute Gasteiger partial charge is 0.225 e. The Morgan fingerprint density at radius 1 is 1.07 bits per heavy atom. The monoisotopic (exact) mass is 370 g/mol. The van der Waals surface area contributed by atoms with Crippen molar-refractivity contribution in [1.82, 2.24) is 10.2 Å². The van der Waals surface area contributed by atoms with E-state index in [4.69, 9.17) is 0 Å². The third-order valence-electron chi connectivity index (χ3n) is 5.05. The summed E-state index contributed by atoms with van der Waals surface area (Å²) in [4.78, 5) is 14.9. The van der Waals surface area contributed by atoms with E-state index in [1.54, 1.807) is 18.2 Å². The predicted octanol–water partition coefficient (Wildman–Crippen LogP) is 4.05. The van der Waals surface area contributed by atoms with Crippen LogP contribution in [0.15, 0.2) is 60.7 Å². The van der Waals surface area contributed by atoms with Crippen molar-refractivity contribution in [3.05, 3.63) is 83.4 Å². The standard InChI is InChI=1S/C22H24F2N2O/c1-16-21(22(27)25-14-17-8-10-19(23)11-9-17)7-2-3-12-26(16)15-18-5-4-6-20(24)13-18/h2-6,8-11,13,16,21H,7,12,14-15H2,1H3,(H,25,27)/t16-,21+/m1/s1. The molecule has 1 amide bonds. The molecule has 1 aliphatic rings. The van der Waals surface area contributed by atoms with Gasteiger partial charge in [-0.1, -0.05) is 36.4 Å². The second kappa shape index (κ2) is 8.91. The van der Waals surface area contributed by atoms with Crippen molar-refractivity contribution < 1.29 is 13.6 Å². The molecular weight excluding hydrogens is 346 g/mol. The summed E-state index contributed by atoms with van der Waals surface area (Å²) in [5, 5.41) is 2.96. The van der Waals surface area contributed by atoms with Crippen LogP contribution in [0.3, 0.4) is 0 Å². The second-order valence-electron chi connectivity index (χ2n) is 6.96. The molecule has 1 heterocycles. The van der Waals surface area contributed by atoms with Gasteiger partial charge in [0.15, 0.2) is 0 Å². The number of hydrogen-bond acceptors (Lipinski definition) is 2. The molecule has 27 heavy (non-hydrogen) atoms. The summed E-state index contributed by atoms with van der Waals surface area (Å²) in [6.45, 7) is 3.72. The van der Waals surface area contributed by atoms with Gasteiger partial charge in [0.25, 0.3) is 0 Å². The second-order valence-corrected chi connectivity index (χ2v) is 6.96. The lowest BCUT2D eigenvalue weighted by Gasteiger charge is -2.31. The molecule has 2 aromatic rings. The van der Waals surface area contributed by atoms with E-state index in [0.29, 0.717) is 19.5 Å². The molecule has 0 unspecified atom stereocenters. The summed E-state index contributed by atoms with van der Waals surface area (Å²) in [6, 6.07) is 12.7. The number of amides is 1. The zero-order chi connectivity index (χ0) is 19.2. The van der Waals surface area contributed by atoms with Crippen molar-refractivity contribution in [2.75, 3.05) is 6.54 Å². The van der Waals surface area contributed by atoms with E-state index < -0.39 is 0 Å². The number of carbonyl (C=O) groups excluding carboxylic acids is 1. The van der Waals surface area contributed by atoms with Gasteiger partial charge >= 0.3 is 0 Å². The number of nitrogens with zero attached hydrogens (tertiary/aromatic N) is 1. The van der Waals surface area contributed by atoms with Gasteiger partial charge in [-0.05, 0) is 48.7 Å². The Hall–Kier alpha value is -2.53. The van der Waals surface area contributed by atoms with Gasteiger partial charge in [0.1, 0.15) is 11.6 Å². The molecule has 0 fully saturated rings. The Kier molecular flexibility index (Phi) is 6.35. The molecule has 1 N–H and O–H groups in total. The van der Waals surface area contributed by atoms with E-state index in [-0.39, 0.29) is 29.5 Å². The maximum Gasteiger partial charge on any atom is 0.225 e. The van der Waals surface area contributed by atoms with Gasteiger partial charge in [0.05, 0.1) is 5.92 Å². The molecule has 3 nitrogen and oxygen atoms in total. The highest BCUT2D eigenvalue weighted by molar-refractivity contribution is 5.79. The molecule has 5 heteroatoms. The Balaban J connectivity index is 1.64. The molecule has 0 radical (unpaired) electrons. The van der Waals surface area contributed by atoms with Crippen LogP contribution in [0.2, 0.25) is 0 Å². The first-order valence-electron chi connectivity index (χ1n) is 9.18. The molecule has 0 spiro atoms. The zero-order valence-corrected chi connectivity index (χ0v) is 15.4. The summed E-state index contributed by atoms with van der Waals surface area (Å²) in [5.74, 6) is -0.764. The largest absolute Gasteiger partial charge is 0.352 e. The molecule has 0 saturated heterocycles. The summed E-state index contributed by atoms with van der Waals surface area (Å²) in [7, 11) is 0. The van der Waals surface area contributed by atoms with Crippen LogP contribution in [0, 0.1) is 17.6 Å². The van der Waals surface area contributed by atoms with Crippen molar-refractivity contribution >= 4 is 5.91 Å². The molecule has 0 aliphatic carbocycles. The maximum absolute atomic E-state index is 13.5. The van der Waals surface area contributed by atoms with Crippen molar-refractivity contribution in [3.63, 3.8) is 0 Å². The van der Waals surface area contributed by atoms with E-state index in [2.05, 4.69) is 16.3 Å². The van der Waals surface area contributed by atoms with Gasteiger partial charge < -0.3 is 5.32 Å². The first kappa shape index (κ1) is 19.2. The Morgan fingerprint density at radius 2 is 1.85 bits per heavy atom.